The quantitative estimate of drug-likeness (QED) is 0.260. The van der Waals surface area contributed by atoms with Crippen LogP contribution in [0, 0.1) is 5.92 Å². The zero-order valence-corrected chi connectivity index (χ0v) is 18.9. The van der Waals surface area contributed by atoms with Gasteiger partial charge in [0, 0.05) is 24.9 Å². The van der Waals surface area contributed by atoms with E-state index in [4.69, 9.17) is 0 Å². The van der Waals surface area contributed by atoms with Crippen molar-refractivity contribution in [2.75, 3.05) is 45.5 Å². The molecule has 24 heavy (non-hydrogen) atoms. The molecule has 2 aliphatic heterocycles. The van der Waals surface area contributed by atoms with Crippen molar-refractivity contribution in [2.24, 2.45) is 10.9 Å². The predicted octanol–water partition coefficient (Wildman–Crippen LogP) is 3.57. The summed E-state index contributed by atoms with van der Waals surface area (Å²) in [4.78, 5) is 6.98. The number of nitrogens with zero attached hydrogens (tertiary/aromatic N) is 2. The fourth-order valence-corrected chi connectivity index (χ4v) is 4.66. The highest BCUT2D eigenvalue weighted by Crippen LogP contribution is 2.36. The molecule has 2 saturated heterocycles. The van der Waals surface area contributed by atoms with Gasteiger partial charge in [-0.25, -0.2) is 0 Å². The zero-order chi connectivity index (χ0) is 16.5. The molecule has 6 heteroatoms. The highest BCUT2D eigenvalue weighted by Gasteiger charge is 2.29. The molecule has 0 spiro atoms. The number of piperidine rings is 1. The van der Waals surface area contributed by atoms with Crippen LogP contribution >= 0.6 is 35.7 Å². The van der Waals surface area contributed by atoms with Crippen molar-refractivity contribution in [1.82, 2.24) is 15.5 Å². The number of nitrogens with one attached hydrogen (secondary N) is 2. The highest BCUT2D eigenvalue weighted by atomic mass is 127. The Morgan fingerprint density at radius 2 is 2.00 bits per heavy atom. The van der Waals surface area contributed by atoms with Gasteiger partial charge in [-0.2, -0.15) is 11.8 Å². The van der Waals surface area contributed by atoms with Crippen molar-refractivity contribution in [1.29, 1.82) is 0 Å². The van der Waals surface area contributed by atoms with Gasteiger partial charge in [0.2, 0.25) is 0 Å². The lowest BCUT2D eigenvalue weighted by atomic mass is 9.99. The third kappa shape index (κ3) is 8.13. The average molecular weight is 468 g/mol. The summed E-state index contributed by atoms with van der Waals surface area (Å²) >= 11 is 2.09. The lowest BCUT2D eigenvalue weighted by molar-refractivity contribution is 0.189. The molecule has 0 aliphatic carbocycles. The molecule has 0 aromatic rings. The van der Waals surface area contributed by atoms with Crippen LogP contribution in [0.15, 0.2) is 4.99 Å². The number of halogens is 1. The number of thioether (sulfide) groups is 1. The Labute approximate surface area is 170 Å². The number of likely N-dealkylation sites (tertiary alicyclic amines) is 1. The fraction of sp³-hybridized carbons (Fsp3) is 0.944. The number of aliphatic imine (C=N–C) groups is 1. The van der Waals surface area contributed by atoms with E-state index in [0.29, 0.717) is 4.75 Å². The van der Waals surface area contributed by atoms with E-state index in [1.165, 1.54) is 63.9 Å². The molecule has 0 radical (unpaired) electrons. The normalized spacial score (nSPS) is 26.2. The molecule has 1 unspecified atom stereocenters. The summed E-state index contributed by atoms with van der Waals surface area (Å²) in [6.07, 6.45) is 7.93. The van der Waals surface area contributed by atoms with Crippen LogP contribution in [0.3, 0.4) is 0 Å². The standard InChI is InChI=1S/C18H36N4S.HI/c1-16-7-12-22(13-8-16)11-5-4-10-20-17(19-3)21-15-18(2)9-6-14-23-18;/h16H,4-15H2,1-3H3,(H2,19,20,21);1H. The van der Waals surface area contributed by atoms with Crippen LogP contribution < -0.4 is 10.6 Å². The Kier molecular flexibility index (Phi) is 11.0. The number of hydrogen-bond donors (Lipinski definition) is 2. The molecule has 142 valence electrons. The molecule has 0 amide bonds. The first-order valence-electron chi connectivity index (χ1n) is 9.42. The summed E-state index contributed by atoms with van der Waals surface area (Å²) in [6, 6.07) is 0. The second-order valence-corrected chi connectivity index (χ2v) is 9.17. The minimum atomic E-state index is 0. The summed E-state index contributed by atoms with van der Waals surface area (Å²) in [5.41, 5.74) is 0. The molecular weight excluding hydrogens is 431 g/mol. The zero-order valence-electron chi connectivity index (χ0n) is 15.8. The lowest BCUT2D eigenvalue weighted by Crippen LogP contribution is -2.44. The second kappa shape index (κ2) is 11.8. The molecule has 0 bridgehead atoms. The third-order valence-electron chi connectivity index (χ3n) is 5.22. The van der Waals surface area contributed by atoms with E-state index in [1.54, 1.807) is 0 Å². The molecule has 2 heterocycles. The molecule has 1 atom stereocenters. The number of hydrogen-bond acceptors (Lipinski definition) is 3. The average Bonchev–Trinajstić information content (AvgIpc) is 2.99. The molecule has 0 aromatic heterocycles. The molecule has 4 nitrogen and oxygen atoms in total. The smallest absolute Gasteiger partial charge is 0.191 e. The van der Waals surface area contributed by atoms with Gasteiger partial charge in [0.15, 0.2) is 5.96 Å². The third-order valence-corrected chi connectivity index (χ3v) is 6.76. The molecule has 2 aliphatic rings. The first kappa shape index (κ1) is 22.4. The monoisotopic (exact) mass is 468 g/mol. The van der Waals surface area contributed by atoms with E-state index in [-0.39, 0.29) is 24.0 Å². The predicted molar refractivity (Wildman–Crippen MR) is 119 cm³/mol. The van der Waals surface area contributed by atoms with E-state index < -0.39 is 0 Å². The molecule has 2 rings (SSSR count). The van der Waals surface area contributed by atoms with Gasteiger partial charge >= 0.3 is 0 Å². The summed E-state index contributed by atoms with van der Waals surface area (Å²) in [6.45, 7) is 10.6. The highest BCUT2D eigenvalue weighted by molar-refractivity contribution is 14.0. The van der Waals surface area contributed by atoms with Gasteiger partial charge < -0.3 is 15.5 Å². The number of unbranched alkanes of at least 4 members (excludes halogenated alkanes) is 1. The summed E-state index contributed by atoms with van der Waals surface area (Å²) < 4.78 is 0.392. The first-order chi connectivity index (χ1) is 11.1. The summed E-state index contributed by atoms with van der Waals surface area (Å²) in [5, 5.41) is 6.97. The van der Waals surface area contributed by atoms with Gasteiger partial charge in [-0.3, -0.25) is 4.99 Å². The van der Waals surface area contributed by atoms with Crippen LogP contribution in [0.2, 0.25) is 0 Å². The molecule has 0 saturated carbocycles. The summed E-state index contributed by atoms with van der Waals surface area (Å²) in [7, 11) is 1.87. The van der Waals surface area contributed by atoms with Crippen molar-refractivity contribution < 1.29 is 0 Å². The maximum absolute atomic E-state index is 4.35. The van der Waals surface area contributed by atoms with Crippen LogP contribution in [-0.4, -0.2) is 61.1 Å². The van der Waals surface area contributed by atoms with Crippen molar-refractivity contribution in [3.63, 3.8) is 0 Å². The van der Waals surface area contributed by atoms with E-state index >= 15 is 0 Å². The summed E-state index contributed by atoms with van der Waals surface area (Å²) in [5.74, 6) is 3.20. The van der Waals surface area contributed by atoms with E-state index in [9.17, 15) is 0 Å². The first-order valence-corrected chi connectivity index (χ1v) is 10.4. The Balaban J connectivity index is 0.00000288. The van der Waals surface area contributed by atoms with E-state index in [2.05, 4.69) is 46.1 Å². The Morgan fingerprint density at radius 1 is 1.25 bits per heavy atom. The van der Waals surface area contributed by atoms with Crippen molar-refractivity contribution in [2.45, 2.75) is 57.1 Å². The van der Waals surface area contributed by atoms with Crippen molar-refractivity contribution in [3.05, 3.63) is 0 Å². The Hall–Kier alpha value is 0.310. The second-order valence-electron chi connectivity index (χ2n) is 7.49. The van der Waals surface area contributed by atoms with Crippen LogP contribution in [0.1, 0.15) is 52.4 Å². The van der Waals surface area contributed by atoms with Gasteiger partial charge in [0.05, 0.1) is 0 Å². The van der Waals surface area contributed by atoms with Crippen LogP contribution in [0.4, 0.5) is 0 Å². The molecule has 2 N–H and O–H groups in total. The van der Waals surface area contributed by atoms with Crippen LogP contribution in [0.25, 0.3) is 0 Å². The van der Waals surface area contributed by atoms with E-state index in [0.717, 1.165) is 25.0 Å². The SMILES string of the molecule is CN=C(NCCCCN1CCC(C)CC1)NCC1(C)CCCS1.I. The van der Waals surface area contributed by atoms with Crippen molar-refractivity contribution in [3.8, 4) is 0 Å². The van der Waals surface area contributed by atoms with Gasteiger partial charge in [0.25, 0.3) is 0 Å². The van der Waals surface area contributed by atoms with Gasteiger partial charge in [-0.15, -0.1) is 24.0 Å². The minimum absolute atomic E-state index is 0. The lowest BCUT2D eigenvalue weighted by Gasteiger charge is -2.30. The molecule has 2 fully saturated rings. The number of rotatable bonds is 7. The van der Waals surface area contributed by atoms with Gasteiger partial charge in [0.1, 0.15) is 0 Å². The van der Waals surface area contributed by atoms with Gasteiger partial charge in [-0.1, -0.05) is 6.92 Å². The minimum Gasteiger partial charge on any atom is -0.356 e. The van der Waals surface area contributed by atoms with Crippen LogP contribution in [-0.2, 0) is 0 Å². The molecule has 0 aromatic carbocycles. The van der Waals surface area contributed by atoms with E-state index in [1.807, 2.05) is 7.05 Å². The largest absolute Gasteiger partial charge is 0.356 e. The van der Waals surface area contributed by atoms with Crippen LogP contribution in [0.5, 0.6) is 0 Å². The topological polar surface area (TPSA) is 39.7 Å². The maximum atomic E-state index is 4.35. The Bertz CT molecular complexity index is 364. The number of guanidine groups is 1. The van der Waals surface area contributed by atoms with Crippen molar-refractivity contribution >= 4 is 41.7 Å². The fourth-order valence-electron chi connectivity index (χ4n) is 3.42. The van der Waals surface area contributed by atoms with Gasteiger partial charge in [-0.05, 0) is 76.8 Å². The maximum Gasteiger partial charge on any atom is 0.191 e. The Morgan fingerprint density at radius 3 is 2.62 bits per heavy atom. The molecular formula is C18H37IN4S.